The smallest absolute Gasteiger partial charge is 0.319 e. The summed E-state index contributed by atoms with van der Waals surface area (Å²) in [5.41, 5.74) is 0.239. The van der Waals surface area contributed by atoms with Crippen molar-refractivity contribution in [3.05, 3.63) is 29.6 Å². The predicted molar refractivity (Wildman–Crippen MR) is 88.7 cm³/mol. The van der Waals surface area contributed by atoms with Gasteiger partial charge in [-0.25, -0.2) is 9.18 Å². The molecule has 2 rings (SSSR count). The fraction of sp³-hybridized carbons (Fsp3) is 0.500. The molecule has 1 aliphatic heterocycles. The van der Waals surface area contributed by atoms with Crippen LogP contribution in [0.4, 0.5) is 14.9 Å². The number of rotatable bonds is 5. The maximum absolute atomic E-state index is 13.6. The molecular formula is C16H23FN4O3. The van der Waals surface area contributed by atoms with Gasteiger partial charge in [-0.2, -0.15) is 0 Å². The lowest BCUT2D eigenvalue weighted by atomic mass is 10.1. The SMILES string of the molecule is CNC(=O)c1cc(NC(=O)NCC(C)N2CCOCC2)ccc1F. The van der Waals surface area contributed by atoms with Gasteiger partial charge in [0.15, 0.2) is 0 Å². The summed E-state index contributed by atoms with van der Waals surface area (Å²) in [4.78, 5) is 25.8. The zero-order valence-electron chi connectivity index (χ0n) is 13.9. The van der Waals surface area contributed by atoms with Gasteiger partial charge in [0.2, 0.25) is 0 Å². The van der Waals surface area contributed by atoms with Crippen LogP contribution in [0.3, 0.4) is 0 Å². The number of halogens is 1. The molecule has 7 nitrogen and oxygen atoms in total. The van der Waals surface area contributed by atoms with E-state index < -0.39 is 17.8 Å². The lowest BCUT2D eigenvalue weighted by molar-refractivity contribution is 0.0209. The Kier molecular flexibility index (Phi) is 6.51. The van der Waals surface area contributed by atoms with Gasteiger partial charge < -0.3 is 20.7 Å². The van der Waals surface area contributed by atoms with Crippen LogP contribution in [0.25, 0.3) is 0 Å². The number of carbonyl (C=O) groups is 2. The Balaban J connectivity index is 1.86. The Morgan fingerprint density at radius 1 is 1.33 bits per heavy atom. The van der Waals surface area contributed by atoms with Crippen LogP contribution in [0.15, 0.2) is 18.2 Å². The van der Waals surface area contributed by atoms with Crippen LogP contribution in [0.2, 0.25) is 0 Å². The van der Waals surface area contributed by atoms with Gasteiger partial charge in [0.05, 0.1) is 18.8 Å². The van der Waals surface area contributed by atoms with Crippen molar-refractivity contribution >= 4 is 17.6 Å². The van der Waals surface area contributed by atoms with E-state index >= 15 is 0 Å². The molecule has 0 spiro atoms. The first-order valence-electron chi connectivity index (χ1n) is 7.89. The molecule has 3 amide bonds. The van der Waals surface area contributed by atoms with Crippen molar-refractivity contribution in [2.75, 3.05) is 45.2 Å². The molecule has 0 saturated carbocycles. The molecule has 132 valence electrons. The molecule has 1 heterocycles. The van der Waals surface area contributed by atoms with Gasteiger partial charge in [-0.1, -0.05) is 0 Å². The van der Waals surface area contributed by atoms with Gasteiger partial charge in [-0.05, 0) is 25.1 Å². The maximum Gasteiger partial charge on any atom is 0.319 e. The Labute approximate surface area is 140 Å². The van der Waals surface area contributed by atoms with Crippen molar-refractivity contribution in [3.63, 3.8) is 0 Å². The summed E-state index contributed by atoms with van der Waals surface area (Å²) in [5, 5.41) is 7.74. The molecule has 24 heavy (non-hydrogen) atoms. The third-order valence-corrected chi connectivity index (χ3v) is 3.92. The summed E-state index contributed by atoms with van der Waals surface area (Å²) < 4.78 is 18.9. The fourth-order valence-corrected chi connectivity index (χ4v) is 2.47. The van der Waals surface area contributed by atoms with Gasteiger partial charge in [-0.3, -0.25) is 9.69 Å². The Bertz CT molecular complexity index is 591. The second-order valence-corrected chi connectivity index (χ2v) is 5.61. The van der Waals surface area contributed by atoms with Gasteiger partial charge in [0.1, 0.15) is 5.82 Å². The van der Waals surface area contributed by atoms with E-state index in [-0.39, 0.29) is 11.6 Å². The number of amides is 3. The highest BCUT2D eigenvalue weighted by Gasteiger charge is 2.17. The molecule has 3 N–H and O–H groups in total. The van der Waals surface area contributed by atoms with E-state index in [1.54, 1.807) is 0 Å². The van der Waals surface area contributed by atoms with E-state index in [2.05, 4.69) is 20.9 Å². The minimum Gasteiger partial charge on any atom is -0.379 e. The number of ether oxygens (including phenoxy) is 1. The predicted octanol–water partition coefficient (Wildman–Crippen LogP) is 1.03. The Hall–Kier alpha value is -2.19. The molecule has 1 saturated heterocycles. The Morgan fingerprint density at radius 2 is 2.04 bits per heavy atom. The molecule has 1 unspecified atom stereocenters. The third-order valence-electron chi connectivity index (χ3n) is 3.92. The minimum absolute atomic E-state index is 0.114. The van der Waals surface area contributed by atoms with Crippen molar-refractivity contribution in [3.8, 4) is 0 Å². The second kappa shape index (κ2) is 8.60. The van der Waals surface area contributed by atoms with E-state index in [0.717, 1.165) is 19.2 Å². The molecule has 0 radical (unpaired) electrons. The van der Waals surface area contributed by atoms with Crippen LogP contribution in [0.5, 0.6) is 0 Å². The number of hydrogen-bond acceptors (Lipinski definition) is 4. The number of anilines is 1. The number of hydrogen-bond donors (Lipinski definition) is 3. The number of morpholine rings is 1. The number of nitrogens with one attached hydrogen (secondary N) is 3. The largest absolute Gasteiger partial charge is 0.379 e. The summed E-state index contributed by atoms with van der Waals surface area (Å²) in [6, 6.07) is 3.65. The zero-order valence-corrected chi connectivity index (χ0v) is 13.9. The van der Waals surface area contributed by atoms with Crippen LogP contribution in [0.1, 0.15) is 17.3 Å². The number of benzene rings is 1. The van der Waals surface area contributed by atoms with Crippen molar-refractivity contribution in [1.29, 1.82) is 0 Å². The van der Waals surface area contributed by atoms with Crippen molar-refractivity contribution < 1.29 is 18.7 Å². The lowest BCUT2D eigenvalue weighted by Crippen LogP contribution is -2.47. The molecule has 1 aromatic rings. The standard InChI is InChI=1S/C16H23FN4O3/c1-11(21-5-7-24-8-6-21)10-19-16(23)20-12-3-4-14(17)13(9-12)15(22)18-2/h3-4,9,11H,5-8,10H2,1-2H3,(H,18,22)(H2,19,20,23). The van der Waals surface area contributed by atoms with Gasteiger partial charge in [0, 0.05) is 38.4 Å². The topological polar surface area (TPSA) is 82.7 Å². The van der Waals surface area contributed by atoms with Gasteiger partial charge >= 0.3 is 6.03 Å². The first-order chi connectivity index (χ1) is 11.5. The summed E-state index contributed by atoms with van der Waals surface area (Å²) in [6.07, 6.45) is 0. The number of carbonyl (C=O) groups excluding carboxylic acids is 2. The van der Waals surface area contributed by atoms with Crippen LogP contribution < -0.4 is 16.0 Å². The van der Waals surface area contributed by atoms with E-state index in [1.165, 1.54) is 19.2 Å². The molecule has 1 fully saturated rings. The summed E-state index contributed by atoms with van der Waals surface area (Å²) in [5.74, 6) is -1.18. The van der Waals surface area contributed by atoms with E-state index in [0.29, 0.717) is 25.4 Å². The average Bonchev–Trinajstić information content (AvgIpc) is 2.61. The monoisotopic (exact) mass is 338 g/mol. The van der Waals surface area contributed by atoms with Crippen molar-refractivity contribution in [2.24, 2.45) is 0 Å². The van der Waals surface area contributed by atoms with E-state index in [9.17, 15) is 14.0 Å². The maximum atomic E-state index is 13.6. The summed E-state index contributed by atoms with van der Waals surface area (Å²) in [7, 11) is 1.42. The number of urea groups is 1. The Morgan fingerprint density at radius 3 is 2.71 bits per heavy atom. The van der Waals surface area contributed by atoms with E-state index in [4.69, 9.17) is 4.74 Å². The molecule has 8 heteroatoms. The first-order valence-corrected chi connectivity index (χ1v) is 7.89. The highest BCUT2D eigenvalue weighted by Crippen LogP contribution is 2.14. The minimum atomic E-state index is -0.638. The normalized spacial score (nSPS) is 16.3. The van der Waals surface area contributed by atoms with Crippen LogP contribution in [-0.2, 0) is 4.74 Å². The van der Waals surface area contributed by atoms with Crippen molar-refractivity contribution in [1.82, 2.24) is 15.5 Å². The molecule has 1 aromatic carbocycles. The lowest BCUT2D eigenvalue weighted by Gasteiger charge is -2.32. The van der Waals surface area contributed by atoms with Crippen molar-refractivity contribution in [2.45, 2.75) is 13.0 Å². The third kappa shape index (κ3) is 4.90. The molecule has 0 bridgehead atoms. The molecule has 1 aliphatic rings. The van der Waals surface area contributed by atoms with E-state index in [1.807, 2.05) is 6.92 Å². The highest BCUT2D eigenvalue weighted by molar-refractivity contribution is 5.97. The molecule has 0 aromatic heterocycles. The van der Waals surface area contributed by atoms with Crippen LogP contribution >= 0.6 is 0 Å². The first kappa shape index (κ1) is 18.2. The fourth-order valence-electron chi connectivity index (χ4n) is 2.47. The van der Waals surface area contributed by atoms with Gasteiger partial charge in [-0.15, -0.1) is 0 Å². The zero-order chi connectivity index (χ0) is 17.5. The van der Waals surface area contributed by atoms with Crippen LogP contribution in [0, 0.1) is 5.82 Å². The average molecular weight is 338 g/mol. The number of nitrogens with zero attached hydrogens (tertiary/aromatic N) is 1. The summed E-state index contributed by atoms with van der Waals surface area (Å²) in [6.45, 7) is 5.61. The molecule has 0 aliphatic carbocycles. The molecule has 1 atom stereocenters. The quantitative estimate of drug-likeness (QED) is 0.749. The van der Waals surface area contributed by atoms with Crippen LogP contribution in [-0.4, -0.2) is 62.8 Å². The second-order valence-electron chi connectivity index (χ2n) is 5.61. The van der Waals surface area contributed by atoms with Gasteiger partial charge in [0.25, 0.3) is 5.91 Å². The summed E-state index contributed by atoms with van der Waals surface area (Å²) >= 11 is 0. The highest BCUT2D eigenvalue weighted by atomic mass is 19.1. The molecular weight excluding hydrogens is 315 g/mol.